The second-order valence-corrected chi connectivity index (χ2v) is 4.99. The molecule has 26 heavy (non-hydrogen) atoms. The van der Waals surface area contributed by atoms with Gasteiger partial charge in [0.25, 0.3) is 5.69 Å². The molecule has 2 N–H and O–H groups in total. The number of esters is 2. The minimum Gasteiger partial charge on any atom is -0.464 e. The van der Waals surface area contributed by atoms with Crippen LogP contribution in [0, 0.1) is 21.4 Å². The first-order valence-electron chi connectivity index (χ1n) is 7.30. The highest BCUT2D eigenvalue weighted by molar-refractivity contribution is 5.96. The van der Waals surface area contributed by atoms with Crippen LogP contribution in [0.15, 0.2) is 24.4 Å². The lowest BCUT2D eigenvalue weighted by Crippen LogP contribution is -2.12. The Hall–Kier alpha value is -3.87. The predicted octanol–water partition coefficient (Wildman–Crippen LogP) is 1.80. The fraction of sp³-hybridized carbons (Fsp3) is 0.188. The van der Waals surface area contributed by atoms with Crippen molar-refractivity contribution in [2.75, 3.05) is 19.5 Å². The van der Waals surface area contributed by atoms with E-state index in [9.17, 15) is 19.7 Å². The van der Waals surface area contributed by atoms with Gasteiger partial charge in [0.15, 0.2) is 5.69 Å². The number of ether oxygens (including phenoxy) is 2. The van der Waals surface area contributed by atoms with Crippen LogP contribution < -0.4 is 5.73 Å². The van der Waals surface area contributed by atoms with Gasteiger partial charge >= 0.3 is 11.9 Å². The van der Waals surface area contributed by atoms with Gasteiger partial charge in [-0.2, -0.15) is 5.26 Å². The number of methoxy groups -OCH3 is 1. The smallest absolute Gasteiger partial charge is 0.357 e. The summed E-state index contributed by atoms with van der Waals surface area (Å²) in [5, 5.41) is 20.3. The lowest BCUT2D eigenvalue weighted by Gasteiger charge is -2.10. The second kappa shape index (κ2) is 7.35. The first-order chi connectivity index (χ1) is 12.3. The van der Waals surface area contributed by atoms with E-state index < -0.39 is 22.5 Å². The summed E-state index contributed by atoms with van der Waals surface area (Å²) in [5.74, 6) is -1.61. The summed E-state index contributed by atoms with van der Waals surface area (Å²) in [5.41, 5.74) is 5.06. The first kappa shape index (κ1) is 18.5. The van der Waals surface area contributed by atoms with Crippen molar-refractivity contribution in [2.24, 2.45) is 0 Å². The number of hydrogen-bond donors (Lipinski definition) is 1. The van der Waals surface area contributed by atoms with Crippen LogP contribution in [0.4, 0.5) is 11.4 Å². The molecular formula is C16H14N4O6. The molecule has 10 nitrogen and oxygen atoms in total. The molecule has 134 valence electrons. The van der Waals surface area contributed by atoms with Crippen LogP contribution >= 0.6 is 0 Å². The van der Waals surface area contributed by atoms with Crippen molar-refractivity contribution < 1.29 is 24.0 Å². The number of aromatic nitrogens is 1. The molecule has 1 heterocycles. The maximum absolute atomic E-state index is 12.0. The zero-order chi connectivity index (χ0) is 19.4. The quantitative estimate of drug-likeness (QED) is 0.483. The van der Waals surface area contributed by atoms with E-state index in [1.54, 1.807) is 6.92 Å². The van der Waals surface area contributed by atoms with Gasteiger partial charge in [-0.25, -0.2) is 9.59 Å². The lowest BCUT2D eigenvalue weighted by atomic mass is 10.1. The topological polar surface area (TPSA) is 150 Å². The largest absolute Gasteiger partial charge is 0.464 e. The fourth-order valence-corrected chi connectivity index (χ4v) is 2.29. The number of rotatable bonds is 5. The lowest BCUT2D eigenvalue weighted by molar-refractivity contribution is -0.384. The zero-order valence-corrected chi connectivity index (χ0v) is 13.9. The van der Waals surface area contributed by atoms with E-state index in [1.165, 1.54) is 12.3 Å². The summed E-state index contributed by atoms with van der Waals surface area (Å²) in [6.45, 7) is 1.68. The number of carbonyl (C=O) groups excluding carboxylic acids is 2. The van der Waals surface area contributed by atoms with Gasteiger partial charge < -0.3 is 19.8 Å². The monoisotopic (exact) mass is 358 g/mol. The molecule has 0 saturated carbocycles. The van der Waals surface area contributed by atoms with Crippen LogP contribution in [0.3, 0.4) is 0 Å². The van der Waals surface area contributed by atoms with E-state index in [1.807, 2.05) is 6.07 Å². The summed E-state index contributed by atoms with van der Waals surface area (Å²) in [6, 6.07) is 5.30. The van der Waals surface area contributed by atoms with E-state index in [0.717, 1.165) is 23.8 Å². The standard InChI is InChI=1S/C16H14N4O6/c1-3-26-15(21)9-4-11(6-12(5-9)20(23)24)19-8-10(7-17)13(18)14(19)16(22)25-2/h4-6,8H,3,18H2,1-2H3. The van der Waals surface area contributed by atoms with Crippen LogP contribution in [-0.4, -0.2) is 35.1 Å². The second-order valence-electron chi connectivity index (χ2n) is 4.99. The number of benzene rings is 1. The molecule has 0 amide bonds. The number of nitrogens with two attached hydrogens (primary N) is 1. The van der Waals surface area contributed by atoms with Crippen molar-refractivity contribution in [1.29, 1.82) is 5.26 Å². The van der Waals surface area contributed by atoms with Gasteiger partial charge in [0.2, 0.25) is 0 Å². The maximum atomic E-state index is 12.0. The number of carbonyl (C=O) groups is 2. The molecule has 0 aliphatic rings. The third-order valence-electron chi connectivity index (χ3n) is 3.45. The maximum Gasteiger partial charge on any atom is 0.357 e. The molecule has 1 aromatic heterocycles. The average molecular weight is 358 g/mol. The fourth-order valence-electron chi connectivity index (χ4n) is 2.29. The van der Waals surface area contributed by atoms with Crippen LogP contribution in [0.2, 0.25) is 0 Å². The van der Waals surface area contributed by atoms with Gasteiger partial charge in [-0.3, -0.25) is 10.1 Å². The summed E-state index contributed by atoms with van der Waals surface area (Å²) in [6.07, 6.45) is 1.23. The first-order valence-corrected chi connectivity index (χ1v) is 7.30. The number of anilines is 1. The predicted molar refractivity (Wildman–Crippen MR) is 88.8 cm³/mol. The van der Waals surface area contributed by atoms with Crippen molar-refractivity contribution in [3.05, 3.63) is 51.3 Å². The number of nitro groups is 1. The molecule has 0 radical (unpaired) electrons. The van der Waals surface area contributed by atoms with Crippen molar-refractivity contribution in [1.82, 2.24) is 4.57 Å². The highest BCUT2D eigenvalue weighted by Gasteiger charge is 2.24. The highest BCUT2D eigenvalue weighted by Crippen LogP contribution is 2.28. The number of nitro benzene ring substituents is 1. The number of nitrogens with zero attached hydrogens (tertiary/aromatic N) is 3. The molecule has 2 aromatic rings. The van der Waals surface area contributed by atoms with Crippen LogP contribution in [0.25, 0.3) is 5.69 Å². The third kappa shape index (κ3) is 3.32. The van der Waals surface area contributed by atoms with Crippen molar-refractivity contribution in [3.63, 3.8) is 0 Å². The molecule has 2 rings (SSSR count). The van der Waals surface area contributed by atoms with Crippen molar-refractivity contribution >= 4 is 23.3 Å². The zero-order valence-electron chi connectivity index (χ0n) is 13.9. The third-order valence-corrected chi connectivity index (χ3v) is 3.45. The van der Waals surface area contributed by atoms with Crippen LogP contribution in [0.5, 0.6) is 0 Å². The van der Waals surface area contributed by atoms with Crippen LogP contribution in [0.1, 0.15) is 33.3 Å². The van der Waals surface area contributed by atoms with Gasteiger partial charge in [-0.05, 0) is 13.0 Å². The van der Waals surface area contributed by atoms with Crippen LogP contribution in [-0.2, 0) is 9.47 Å². The van der Waals surface area contributed by atoms with E-state index in [4.69, 9.17) is 15.7 Å². The molecular weight excluding hydrogens is 344 g/mol. The Morgan fingerprint density at radius 2 is 2.04 bits per heavy atom. The molecule has 0 spiro atoms. The molecule has 1 aromatic carbocycles. The van der Waals surface area contributed by atoms with E-state index in [0.29, 0.717) is 0 Å². The minimum atomic E-state index is -0.840. The summed E-state index contributed by atoms with van der Waals surface area (Å²) >= 11 is 0. The number of nitrogen functional groups attached to an aromatic ring is 1. The van der Waals surface area contributed by atoms with Gasteiger partial charge in [0, 0.05) is 18.3 Å². The van der Waals surface area contributed by atoms with E-state index in [-0.39, 0.29) is 34.8 Å². The Balaban J connectivity index is 2.76. The normalized spacial score (nSPS) is 10.0. The number of hydrogen-bond acceptors (Lipinski definition) is 8. The van der Waals surface area contributed by atoms with Crippen molar-refractivity contribution in [2.45, 2.75) is 6.92 Å². The minimum absolute atomic E-state index is 0.0189. The van der Waals surface area contributed by atoms with E-state index >= 15 is 0 Å². The SMILES string of the molecule is CCOC(=O)c1cc(-n2cc(C#N)c(N)c2C(=O)OC)cc([N+](=O)[O-])c1. The average Bonchev–Trinajstić information content (AvgIpc) is 2.97. The molecule has 10 heteroatoms. The van der Waals surface area contributed by atoms with Gasteiger partial charge in [0.05, 0.1) is 41.1 Å². The summed E-state index contributed by atoms with van der Waals surface area (Å²) in [4.78, 5) is 34.5. The highest BCUT2D eigenvalue weighted by atomic mass is 16.6. The summed E-state index contributed by atoms with van der Waals surface area (Å²) < 4.78 is 10.7. The Morgan fingerprint density at radius 1 is 1.35 bits per heavy atom. The Kier molecular flexibility index (Phi) is 5.22. The molecule has 0 saturated heterocycles. The molecule has 0 bridgehead atoms. The van der Waals surface area contributed by atoms with Gasteiger partial charge in [-0.15, -0.1) is 0 Å². The molecule has 0 unspecified atom stereocenters. The van der Waals surface area contributed by atoms with Gasteiger partial charge in [0.1, 0.15) is 6.07 Å². The molecule has 0 aliphatic heterocycles. The molecule has 0 atom stereocenters. The number of non-ortho nitro benzene ring substituents is 1. The Labute approximate surface area is 147 Å². The Morgan fingerprint density at radius 3 is 2.58 bits per heavy atom. The Bertz CT molecular complexity index is 941. The van der Waals surface area contributed by atoms with Gasteiger partial charge in [-0.1, -0.05) is 0 Å². The number of nitriles is 1. The molecule has 0 fully saturated rings. The molecule has 0 aliphatic carbocycles. The van der Waals surface area contributed by atoms with E-state index in [2.05, 4.69) is 4.74 Å². The van der Waals surface area contributed by atoms with Crippen molar-refractivity contribution in [3.8, 4) is 11.8 Å². The summed E-state index contributed by atoms with van der Waals surface area (Å²) in [7, 11) is 1.13.